The highest BCUT2D eigenvalue weighted by Crippen LogP contribution is 2.31. The number of nitrogens with one attached hydrogen (secondary N) is 2. The van der Waals surface area contributed by atoms with Crippen molar-refractivity contribution in [2.75, 3.05) is 23.7 Å². The molecule has 3 rings (SSSR count). The van der Waals surface area contributed by atoms with Gasteiger partial charge in [-0.05, 0) is 48.5 Å². The van der Waals surface area contributed by atoms with E-state index in [1.165, 1.54) is 31.3 Å². The summed E-state index contributed by atoms with van der Waals surface area (Å²) in [6, 6.07) is 22.6. The van der Waals surface area contributed by atoms with Gasteiger partial charge in [0.05, 0.1) is 16.3 Å². The SMILES string of the molecule is CNC(=O)c1ccc(S(=O)(=O)Nc2ccccc2N(C)c2ccccc2)cc1. The summed E-state index contributed by atoms with van der Waals surface area (Å²) in [5.41, 5.74) is 2.51. The van der Waals surface area contributed by atoms with Gasteiger partial charge in [0, 0.05) is 25.3 Å². The third kappa shape index (κ3) is 4.15. The molecule has 0 fully saturated rings. The van der Waals surface area contributed by atoms with E-state index in [2.05, 4.69) is 10.0 Å². The number of carbonyl (C=O) groups excluding carboxylic acids is 1. The molecule has 0 aromatic heterocycles. The van der Waals surface area contributed by atoms with Crippen LogP contribution in [0.2, 0.25) is 0 Å². The van der Waals surface area contributed by atoms with Crippen molar-refractivity contribution in [3.63, 3.8) is 0 Å². The van der Waals surface area contributed by atoms with Gasteiger partial charge in [-0.15, -0.1) is 0 Å². The lowest BCUT2D eigenvalue weighted by Gasteiger charge is -2.23. The largest absolute Gasteiger partial charge is 0.355 e. The summed E-state index contributed by atoms with van der Waals surface area (Å²) >= 11 is 0. The van der Waals surface area contributed by atoms with E-state index in [4.69, 9.17) is 0 Å². The third-order valence-electron chi connectivity index (χ3n) is 4.31. The molecule has 3 aromatic rings. The number of rotatable bonds is 6. The monoisotopic (exact) mass is 395 g/mol. The summed E-state index contributed by atoms with van der Waals surface area (Å²) in [7, 11) is -0.411. The maximum atomic E-state index is 12.8. The van der Waals surface area contributed by atoms with Crippen LogP contribution in [-0.2, 0) is 10.0 Å². The maximum Gasteiger partial charge on any atom is 0.261 e. The van der Waals surface area contributed by atoms with E-state index in [0.717, 1.165) is 11.4 Å². The minimum absolute atomic E-state index is 0.0809. The van der Waals surface area contributed by atoms with Gasteiger partial charge in [0.15, 0.2) is 0 Å². The number of anilines is 3. The van der Waals surface area contributed by atoms with Gasteiger partial charge in [-0.25, -0.2) is 8.42 Å². The van der Waals surface area contributed by atoms with Crippen molar-refractivity contribution < 1.29 is 13.2 Å². The van der Waals surface area contributed by atoms with Crippen LogP contribution in [0.5, 0.6) is 0 Å². The van der Waals surface area contributed by atoms with Crippen LogP contribution in [0.4, 0.5) is 17.1 Å². The molecule has 28 heavy (non-hydrogen) atoms. The summed E-state index contributed by atoms with van der Waals surface area (Å²) in [4.78, 5) is 13.6. The van der Waals surface area contributed by atoms with Crippen LogP contribution in [0.1, 0.15) is 10.4 Å². The van der Waals surface area contributed by atoms with Crippen LogP contribution in [0.15, 0.2) is 83.8 Å². The average Bonchev–Trinajstić information content (AvgIpc) is 2.73. The van der Waals surface area contributed by atoms with Gasteiger partial charge >= 0.3 is 0 Å². The van der Waals surface area contributed by atoms with Crippen molar-refractivity contribution in [2.45, 2.75) is 4.90 Å². The molecule has 6 nitrogen and oxygen atoms in total. The van der Waals surface area contributed by atoms with Crippen LogP contribution in [0.25, 0.3) is 0 Å². The molecule has 0 atom stereocenters. The number of nitrogens with zero attached hydrogens (tertiary/aromatic N) is 1. The van der Waals surface area contributed by atoms with Gasteiger partial charge < -0.3 is 10.2 Å². The van der Waals surface area contributed by atoms with Crippen LogP contribution < -0.4 is 14.9 Å². The molecule has 0 spiro atoms. The van der Waals surface area contributed by atoms with Crippen molar-refractivity contribution in [3.8, 4) is 0 Å². The predicted octanol–water partition coefficient (Wildman–Crippen LogP) is 3.61. The van der Waals surface area contributed by atoms with Crippen molar-refractivity contribution >= 4 is 33.0 Å². The molecule has 2 N–H and O–H groups in total. The second kappa shape index (κ2) is 8.14. The van der Waals surface area contributed by atoms with Gasteiger partial charge in [-0.1, -0.05) is 30.3 Å². The number of amides is 1. The Morgan fingerprint density at radius 1 is 0.857 bits per heavy atom. The second-order valence-electron chi connectivity index (χ2n) is 6.12. The summed E-state index contributed by atoms with van der Waals surface area (Å²) in [6.45, 7) is 0. The Kier molecular flexibility index (Phi) is 5.65. The Labute approximate surface area is 164 Å². The molecule has 0 aliphatic carbocycles. The first-order valence-corrected chi connectivity index (χ1v) is 10.1. The smallest absolute Gasteiger partial charge is 0.261 e. The normalized spacial score (nSPS) is 10.9. The lowest BCUT2D eigenvalue weighted by Crippen LogP contribution is -2.19. The number of hydrogen-bond donors (Lipinski definition) is 2. The van der Waals surface area contributed by atoms with Gasteiger partial charge in [0.1, 0.15) is 0 Å². The van der Waals surface area contributed by atoms with Gasteiger partial charge in [0.25, 0.3) is 15.9 Å². The zero-order valence-electron chi connectivity index (χ0n) is 15.6. The lowest BCUT2D eigenvalue weighted by atomic mass is 10.2. The standard InChI is InChI=1S/C21H21N3O3S/c1-22-21(25)16-12-14-18(15-13-16)28(26,27)23-19-10-6-7-11-20(19)24(2)17-8-4-3-5-9-17/h3-15,23H,1-2H3,(H,22,25). The molecule has 0 aliphatic heterocycles. The number of carbonyl (C=O) groups is 1. The first kappa shape index (κ1) is 19.4. The summed E-state index contributed by atoms with van der Waals surface area (Å²) in [5.74, 6) is -0.272. The first-order chi connectivity index (χ1) is 13.4. The highest BCUT2D eigenvalue weighted by Gasteiger charge is 2.18. The van der Waals surface area contributed by atoms with Crippen LogP contribution in [0.3, 0.4) is 0 Å². The average molecular weight is 395 g/mol. The van der Waals surface area contributed by atoms with E-state index < -0.39 is 10.0 Å². The quantitative estimate of drug-likeness (QED) is 0.668. The van der Waals surface area contributed by atoms with E-state index in [1.54, 1.807) is 12.1 Å². The van der Waals surface area contributed by atoms with Gasteiger partial charge in [-0.3, -0.25) is 9.52 Å². The summed E-state index contributed by atoms with van der Waals surface area (Å²) < 4.78 is 28.3. The van der Waals surface area contributed by atoms with Crippen molar-refractivity contribution in [3.05, 3.63) is 84.4 Å². The zero-order chi connectivity index (χ0) is 20.1. The molecule has 3 aromatic carbocycles. The molecule has 0 radical (unpaired) electrons. The fourth-order valence-corrected chi connectivity index (χ4v) is 3.85. The molecule has 0 bridgehead atoms. The highest BCUT2D eigenvalue weighted by molar-refractivity contribution is 7.92. The first-order valence-electron chi connectivity index (χ1n) is 8.65. The second-order valence-corrected chi connectivity index (χ2v) is 7.80. The Morgan fingerprint density at radius 2 is 1.46 bits per heavy atom. The Balaban J connectivity index is 1.90. The van der Waals surface area contributed by atoms with Crippen molar-refractivity contribution in [1.82, 2.24) is 5.32 Å². The minimum Gasteiger partial charge on any atom is -0.355 e. The highest BCUT2D eigenvalue weighted by atomic mass is 32.2. The lowest BCUT2D eigenvalue weighted by molar-refractivity contribution is 0.0963. The Hall–Kier alpha value is -3.32. The molecule has 7 heteroatoms. The molecule has 0 aliphatic rings. The van der Waals surface area contributed by atoms with Crippen LogP contribution in [-0.4, -0.2) is 28.4 Å². The van der Waals surface area contributed by atoms with Gasteiger partial charge in [-0.2, -0.15) is 0 Å². The van der Waals surface area contributed by atoms with Crippen LogP contribution in [0, 0.1) is 0 Å². The molecule has 0 unspecified atom stereocenters. The zero-order valence-corrected chi connectivity index (χ0v) is 16.4. The summed E-state index contributed by atoms with van der Waals surface area (Å²) in [6.07, 6.45) is 0. The van der Waals surface area contributed by atoms with E-state index >= 15 is 0 Å². The molecular weight excluding hydrogens is 374 g/mol. The predicted molar refractivity (Wildman–Crippen MR) is 112 cm³/mol. The third-order valence-corrected chi connectivity index (χ3v) is 5.69. The molecule has 0 heterocycles. The number of benzene rings is 3. The molecule has 0 saturated heterocycles. The van der Waals surface area contributed by atoms with E-state index in [9.17, 15) is 13.2 Å². The number of sulfonamides is 1. The van der Waals surface area contributed by atoms with Crippen molar-refractivity contribution in [2.24, 2.45) is 0 Å². The van der Waals surface area contributed by atoms with E-state index in [1.807, 2.05) is 54.4 Å². The fourth-order valence-electron chi connectivity index (χ4n) is 2.78. The van der Waals surface area contributed by atoms with E-state index in [-0.39, 0.29) is 10.8 Å². The molecule has 0 saturated carbocycles. The number of hydrogen-bond acceptors (Lipinski definition) is 4. The Morgan fingerprint density at radius 3 is 2.11 bits per heavy atom. The van der Waals surface area contributed by atoms with Gasteiger partial charge in [0.2, 0.25) is 0 Å². The molecule has 144 valence electrons. The summed E-state index contributed by atoms with van der Waals surface area (Å²) in [5, 5.41) is 2.51. The van der Waals surface area contributed by atoms with Crippen molar-refractivity contribution in [1.29, 1.82) is 0 Å². The topological polar surface area (TPSA) is 78.5 Å². The Bertz CT molecular complexity index is 1070. The molecule has 1 amide bonds. The van der Waals surface area contributed by atoms with E-state index in [0.29, 0.717) is 11.3 Å². The molecular formula is C21H21N3O3S. The fraction of sp³-hybridized carbons (Fsp3) is 0.0952. The maximum absolute atomic E-state index is 12.8. The van der Waals surface area contributed by atoms with Crippen LogP contribution >= 0.6 is 0 Å². The minimum atomic E-state index is -3.81. The number of para-hydroxylation sites is 3.